The molecule has 1 aromatic heterocycles. The van der Waals surface area contributed by atoms with Gasteiger partial charge >= 0.3 is 11.9 Å². The number of hydrogen-bond donors (Lipinski definition) is 2. The van der Waals surface area contributed by atoms with Gasteiger partial charge in [0.1, 0.15) is 11.6 Å². The topological polar surface area (TPSA) is 103 Å². The summed E-state index contributed by atoms with van der Waals surface area (Å²) in [5, 5.41) is 6.09. The number of esters is 2. The number of fused-ring (bicyclic) bond motifs is 1. The average molecular weight is 429 g/mol. The number of amides is 1. The van der Waals surface area contributed by atoms with Gasteiger partial charge < -0.3 is 24.8 Å². The number of anilines is 1. The van der Waals surface area contributed by atoms with Gasteiger partial charge in [0.25, 0.3) is 0 Å². The van der Waals surface area contributed by atoms with Gasteiger partial charge in [0.2, 0.25) is 5.91 Å². The number of rotatable bonds is 9. The molecular formula is C18H24N2O6S2. The highest BCUT2D eigenvalue weighted by molar-refractivity contribution is 7.80. The van der Waals surface area contributed by atoms with Crippen LogP contribution in [0.5, 0.6) is 0 Å². The Labute approximate surface area is 172 Å². The van der Waals surface area contributed by atoms with E-state index < -0.39 is 17.8 Å². The molecule has 1 aliphatic rings. The zero-order valence-electron chi connectivity index (χ0n) is 15.9. The molecule has 1 aromatic rings. The molecule has 2 rings (SSSR count). The SMILES string of the molecule is CCOC(=O)c1c(NC(=S)NC(=O)CCC(=O)OCCOC)sc2c1CCC2. The van der Waals surface area contributed by atoms with Crippen LogP contribution in [0.4, 0.5) is 5.00 Å². The van der Waals surface area contributed by atoms with Crippen LogP contribution in [0.15, 0.2) is 0 Å². The van der Waals surface area contributed by atoms with Crippen LogP contribution in [-0.4, -0.2) is 49.9 Å². The summed E-state index contributed by atoms with van der Waals surface area (Å²) in [6, 6.07) is 0. The van der Waals surface area contributed by atoms with Crippen molar-refractivity contribution in [2.75, 3.05) is 32.2 Å². The number of nitrogens with one attached hydrogen (secondary N) is 2. The quantitative estimate of drug-likeness (QED) is 0.351. The van der Waals surface area contributed by atoms with E-state index in [0.717, 1.165) is 29.7 Å². The predicted octanol–water partition coefficient (Wildman–Crippen LogP) is 2.20. The first-order valence-electron chi connectivity index (χ1n) is 9.03. The molecule has 0 aliphatic heterocycles. The van der Waals surface area contributed by atoms with E-state index in [2.05, 4.69) is 10.6 Å². The Morgan fingerprint density at radius 1 is 1.14 bits per heavy atom. The van der Waals surface area contributed by atoms with E-state index in [1.54, 1.807) is 6.92 Å². The lowest BCUT2D eigenvalue weighted by Crippen LogP contribution is -2.34. The van der Waals surface area contributed by atoms with Gasteiger partial charge in [0.15, 0.2) is 5.11 Å². The fraction of sp³-hybridized carbons (Fsp3) is 0.556. The van der Waals surface area contributed by atoms with Crippen molar-refractivity contribution in [3.8, 4) is 0 Å². The molecule has 1 heterocycles. The molecule has 0 unspecified atom stereocenters. The predicted molar refractivity (Wildman–Crippen MR) is 109 cm³/mol. The molecule has 154 valence electrons. The maximum absolute atomic E-state index is 12.3. The fourth-order valence-corrected chi connectivity index (χ4v) is 4.32. The Kier molecular flexibility index (Phi) is 8.81. The highest BCUT2D eigenvalue weighted by Crippen LogP contribution is 2.39. The van der Waals surface area contributed by atoms with Crippen molar-refractivity contribution < 1.29 is 28.6 Å². The molecule has 0 bridgehead atoms. The number of ether oxygens (including phenoxy) is 3. The maximum atomic E-state index is 12.3. The van der Waals surface area contributed by atoms with Crippen LogP contribution >= 0.6 is 23.6 Å². The summed E-state index contributed by atoms with van der Waals surface area (Å²) in [6.45, 7) is 2.49. The zero-order valence-corrected chi connectivity index (χ0v) is 17.6. The van der Waals surface area contributed by atoms with Crippen LogP contribution in [0.1, 0.15) is 47.0 Å². The molecule has 0 saturated carbocycles. The van der Waals surface area contributed by atoms with E-state index >= 15 is 0 Å². The van der Waals surface area contributed by atoms with E-state index in [1.807, 2.05) is 0 Å². The molecule has 0 saturated heterocycles. The number of thiophene rings is 1. The van der Waals surface area contributed by atoms with Crippen molar-refractivity contribution in [1.82, 2.24) is 5.32 Å². The molecule has 0 aromatic carbocycles. The third-order valence-corrected chi connectivity index (χ3v) is 5.40. The van der Waals surface area contributed by atoms with Crippen molar-refractivity contribution in [1.29, 1.82) is 0 Å². The van der Waals surface area contributed by atoms with Crippen molar-refractivity contribution in [2.45, 2.75) is 39.0 Å². The number of methoxy groups -OCH3 is 1. The normalized spacial score (nSPS) is 12.2. The lowest BCUT2D eigenvalue weighted by atomic mass is 10.1. The Bertz CT molecular complexity index is 747. The Morgan fingerprint density at radius 3 is 2.64 bits per heavy atom. The minimum atomic E-state index is -0.481. The molecule has 10 heteroatoms. The second kappa shape index (κ2) is 11.1. The van der Waals surface area contributed by atoms with Crippen molar-refractivity contribution >= 4 is 51.5 Å². The summed E-state index contributed by atoms with van der Waals surface area (Å²) in [4.78, 5) is 37.0. The van der Waals surface area contributed by atoms with Crippen LogP contribution in [-0.2, 0) is 36.6 Å². The lowest BCUT2D eigenvalue weighted by molar-refractivity contribution is -0.146. The summed E-state index contributed by atoms with van der Waals surface area (Å²) in [7, 11) is 1.50. The number of thiocarbonyl (C=S) groups is 1. The monoisotopic (exact) mass is 428 g/mol. The second-order valence-electron chi connectivity index (χ2n) is 6.00. The summed E-state index contributed by atoms with van der Waals surface area (Å²) in [5.74, 6) is -1.29. The molecule has 1 amide bonds. The number of carbonyl (C=O) groups excluding carboxylic acids is 3. The van der Waals surface area contributed by atoms with Gasteiger partial charge in [-0.15, -0.1) is 11.3 Å². The Balaban J connectivity index is 1.88. The number of aryl methyl sites for hydroxylation is 1. The molecule has 2 N–H and O–H groups in total. The van der Waals surface area contributed by atoms with Crippen molar-refractivity contribution in [2.24, 2.45) is 0 Å². The van der Waals surface area contributed by atoms with Gasteiger partial charge in [-0.25, -0.2) is 4.79 Å². The van der Waals surface area contributed by atoms with Gasteiger partial charge in [-0.1, -0.05) is 0 Å². The van der Waals surface area contributed by atoms with Crippen LogP contribution < -0.4 is 10.6 Å². The third kappa shape index (κ3) is 6.25. The highest BCUT2D eigenvalue weighted by Gasteiger charge is 2.28. The first-order valence-corrected chi connectivity index (χ1v) is 10.3. The van der Waals surface area contributed by atoms with Crippen LogP contribution in [0.25, 0.3) is 0 Å². The fourth-order valence-electron chi connectivity index (χ4n) is 2.76. The molecule has 0 radical (unpaired) electrons. The van der Waals surface area contributed by atoms with Gasteiger partial charge in [0.05, 0.1) is 25.2 Å². The molecule has 8 nitrogen and oxygen atoms in total. The van der Waals surface area contributed by atoms with Gasteiger partial charge in [-0.05, 0) is 44.0 Å². The number of hydrogen-bond acceptors (Lipinski definition) is 8. The van der Waals surface area contributed by atoms with Crippen LogP contribution in [0.3, 0.4) is 0 Å². The van der Waals surface area contributed by atoms with Gasteiger partial charge in [0, 0.05) is 18.4 Å². The molecular weight excluding hydrogens is 404 g/mol. The second-order valence-corrected chi connectivity index (χ2v) is 7.51. The Morgan fingerprint density at radius 2 is 1.93 bits per heavy atom. The molecule has 1 aliphatic carbocycles. The van der Waals surface area contributed by atoms with E-state index in [-0.39, 0.29) is 31.2 Å². The van der Waals surface area contributed by atoms with E-state index in [9.17, 15) is 14.4 Å². The molecule has 0 fully saturated rings. The first-order chi connectivity index (χ1) is 13.5. The minimum Gasteiger partial charge on any atom is -0.463 e. The summed E-state index contributed by atoms with van der Waals surface area (Å²) >= 11 is 6.63. The molecule has 0 spiro atoms. The third-order valence-electron chi connectivity index (χ3n) is 3.99. The van der Waals surface area contributed by atoms with E-state index in [0.29, 0.717) is 17.2 Å². The first kappa shape index (κ1) is 22.3. The van der Waals surface area contributed by atoms with Gasteiger partial charge in [-0.2, -0.15) is 0 Å². The Hall–Kier alpha value is -2.04. The largest absolute Gasteiger partial charge is 0.463 e. The maximum Gasteiger partial charge on any atom is 0.341 e. The van der Waals surface area contributed by atoms with Crippen LogP contribution in [0.2, 0.25) is 0 Å². The standard InChI is InChI=1S/C18H24N2O6S2/c1-3-25-17(23)15-11-5-4-6-12(11)28-16(15)20-18(27)19-13(21)7-8-14(22)26-10-9-24-2/h3-10H2,1-2H3,(H2,19,20,21,27). The van der Waals surface area contributed by atoms with Gasteiger partial charge in [-0.3, -0.25) is 9.59 Å². The smallest absolute Gasteiger partial charge is 0.341 e. The number of carbonyl (C=O) groups is 3. The van der Waals surface area contributed by atoms with Crippen molar-refractivity contribution in [3.05, 3.63) is 16.0 Å². The molecule has 0 atom stereocenters. The summed E-state index contributed by atoms with van der Waals surface area (Å²) < 4.78 is 14.8. The minimum absolute atomic E-state index is 0.0560. The summed E-state index contributed by atoms with van der Waals surface area (Å²) in [6.07, 6.45) is 2.64. The average Bonchev–Trinajstić information content (AvgIpc) is 3.20. The summed E-state index contributed by atoms with van der Waals surface area (Å²) in [5.41, 5.74) is 1.50. The molecule has 28 heavy (non-hydrogen) atoms. The van der Waals surface area contributed by atoms with E-state index in [1.165, 1.54) is 18.4 Å². The van der Waals surface area contributed by atoms with E-state index in [4.69, 9.17) is 26.4 Å². The van der Waals surface area contributed by atoms with Crippen LogP contribution in [0, 0.1) is 0 Å². The lowest BCUT2D eigenvalue weighted by Gasteiger charge is -2.11. The zero-order chi connectivity index (χ0) is 20.5. The highest BCUT2D eigenvalue weighted by atomic mass is 32.1. The van der Waals surface area contributed by atoms with Crippen molar-refractivity contribution in [3.63, 3.8) is 0 Å².